The smallest absolute Gasteiger partial charge is 0.333 e. The Kier molecular flexibility index (Phi) is 5.92. The molecule has 0 N–H and O–H groups in total. The molecule has 6 heteroatoms. The number of ether oxygens (including phenoxy) is 3. The van der Waals surface area contributed by atoms with Crippen LogP contribution in [0.3, 0.4) is 0 Å². The molecule has 0 amide bonds. The molecule has 0 aromatic rings. The van der Waals surface area contributed by atoms with Gasteiger partial charge in [-0.3, -0.25) is 4.79 Å². The second-order valence-electron chi connectivity index (χ2n) is 12.1. The van der Waals surface area contributed by atoms with Gasteiger partial charge in [0.2, 0.25) is 0 Å². The minimum absolute atomic E-state index is 0.145. The average molecular weight is 471 g/mol. The third kappa shape index (κ3) is 4.01. The van der Waals surface area contributed by atoms with Crippen LogP contribution in [0.5, 0.6) is 0 Å². The number of hydrogen-bond donors (Lipinski definition) is 0. The summed E-state index contributed by atoms with van der Waals surface area (Å²) in [5, 5.41) is 0. The van der Waals surface area contributed by atoms with Gasteiger partial charge in [-0.25, -0.2) is 9.59 Å². The van der Waals surface area contributed by atoms with Crippen molar-refractivity contribution in [3.8, 4) is 0 Å². The van der Waals surface area contributed by atoms with Gasteiger partial charge >= 0.3 is 17.9 Å². The maximum Gasteiger partial charge on any atom is 0.333 e. The molecule has 0 radical (unpaired) electrons. The summed E-state index contributed by atoms with van der Waals surface area (Å²) in [6.07, 6.45) is 8.62. The normalized spacial score (nSPS) is 44.6. The molecule has 7 rings (SSSR count). The zero-order valence-electron chi connectivity index (χ0n) is 20.7. The van der Waals surface area contributed by atoms with Gasteiger partial charge in [0, 0.05) is 29.4 Å². The van der Waals surface area contributed by atoms with E-state index in [9.17, 15) is 14.4 Å². The van der Waals surface area contributed by atoms with Crippen LogP contribution in [0.4, 0.5) is 0 Å². The van der Waals surface area contributed by atoms with Crippen LogP contribution in [0.15, 0.2) is 24.3 Å². The van der Waals surface area contributed by atoms with E-state index in [1.165, 1.54) is 32.1 Å². The van der Waals surface area contributed by atoms with E-state index in [1.54, 1.807) is 13.8 Å². The van der Waals surface area contributed by atoms with Gasteiger partial charge < -0.3 is 14.2 Å². The molecule has 7 fully saturated rings. The second kappa shape index (κ2) is 8.53. The zero-order valence-corrected chi connectivity index (χ0v) is 20.7. The first-order chi connectivity index (χ1) is 16.0. The lowest BCUT2D eigenvalue weighted by Gasteiger charge is -2.59. The maximum absolute atomic E-state index is 11.8. The molecule has 0 spiro atoms. The Morgan fingerprint density at radius 3 is 2.03 bits per heavy atom. The van der Waals surface area contributed by atoms with Crippen LogP contribution in [0.1, 0.15) is 72.1 Å². The van der Waals surface area contributed by atoms with E-state index in [4.69, 9.17) is 14.2 Å². The highest BCUT2D eigenvalue weighted by Crippen LogP contribution is 2.59. The first kappa shape index (κ1) is 23.6. The Morgan fingerprint density at radius 2 is 1.47 bits per heavy atom. The topological polar surface area (TPSA) is 78.9 Å². The van der Waals surface area contributed by atoms with E-state index in [2.05, 4.69) is 20.1 Å². The van der Waals surface area contributed by atoms with Crippen molar-refractivity contribution in [1.82, 2.24) is 0 Å². The molecule has 186 valence electrons. The molecule has 6 saturated carbocycles. The van der Waals surface area contributed by atoms with Crippen LogP contribution in [-0.4, -0.2) is 35.7 Å². The van der Waals surface area contributed by atoms with Crippen LogP contribution in [0.2, 0.25) is 0 Å². The Labute approximate surface area is 202 Å². The lowest BCUT2D eigenvalue weighted by atomic mass is 9.50. The highest BCUT2D eigenvalue weighted by Gasteiger charge is 2.59. The van der Waals surface area contributed by atoms with E-state index in [1.807, 2.05) is 0 Å². The third-order valence-corrected chi connectivity index (χ3v) is 9.70. The Morgan fingerprint density at radius 1 is 0.882 bits per heavy atom. The van der Waals surface area contributed by atoms with Crippen molar-refractivity contribution >= 4 is 17.9 Å². The van der Waals surface area contributed by atoms with Crippen LogP contribution in [-0.2, 0) is 28.6 Å². The van der Waals surface area contributed by atoms with Crippen molar-refractivity contribution in [2.24, 2.45) is 41.4 Å². The number of carbonyl (C=O) groups is 3. The number of carbonyl (C=O) groups excluding carboxylic acids is 3. The average Bonchev–Trinajstić information content (AvgIpc) is 3.32. The molecule has 6 nitrogen and oxygen atoms in total. The fraction of sp³-hybridized carbons (Fsp3) is 0.750. The lowest BCUT2D eigenvalue weighted by molar-refractivity contribution is -0.199. The van der Waals surface area contributed by atoms with Gasteiger partial charge in [0.25, 0.3) is 0 Å². The van der Waals surface area contributed by atoms with Gasteiger partial charge in [-0.15, -0.1) is 0 Å². The van der Waals surface area contributed by atoms with Gasteiger partial charge in [-0.1, -0.05) is 13.2 Å². The van der Waals surface area contributed by atoms with Gasteiger partial charge in [-0.2, -0.15) is 0 Å². The minimum Gasteiger partial charge on any atom is -0.458 e. The van der Waals surface area contributed by atoms with Crippen molar-refractivity contribution in [3.63, 3.8) is 0 Å². The SMILES string of the molecule is C=C(C)C(=O)OC1(C)C2CC3CC(C2)CC1C3.C=C(C)C(=O)OC1C2CC3CC(=O)OC1C3C2. The quantitative estimate of drug-likeness (QED) is 0.335. The zero-order chi connectivity index (χ0) is 24.4. The number of esters is 3. The molecule has 7 aliphatic rings. The summed E-state index contributed by atoms with van der Waals surface area (Å²) in [5.41, 5.74) is 0.718. The summed E-state index contributed by atoms with van der Waals surface area (Å²) in [6.45, 7) is 12.8. The predicted molar refractivity (Wildman–Crippen MR) is 125 cm³/mol. The lowest BCUT2D eigenvalue weighted by Crippen LogP contribution is -2.58. The summed E-state index contributed by atoms with van der Waals surface area (Å²) >= 11 is 0. The van der Waals surface area contributed by atoms with Crippen LogP contribution < -0.4 is 0 Å². The van der Waals surface area contributed by atoms with E-state index in [0.29, 0.717) is 47.2 Å². The summed E-state index contributed by atoms with van der Waals surface area (Å²) in [6, 6.07) is 0. The van der Waals surface area contributed by atoms with E-state index < -0.39 is 0 Å². The van der Waals surface area contributed by atoms with Gasteiger partial charge in [-0.05, 0) is 95.3 Å². The molecule has 5 atom stereocenters. The van der Waals surface area contributed by atoms with E-state index in [-0.39, 0.29) is 35.7 Å². The Bertz CT molecular complexity index is 890. The summed E-state index contributed by atoms with van der Waals surface area (Å²) in [7, 11) is 0. The number of hydrogen-bond acceptors (Lipinski definition) is 6. The number of rotatable bonds is 4. The summed E-state index contributed by atoms with van der Waals surface area (Å²) in [4.78, 5) is 34.8. The Hall–Kier alpha value is -2.11. The molecule has 6 bridgehead atoms. The first-order valence-corrected chi connectivity index (χ1v) is 13.0. The van der Waals surface area contributed by atoms with E-state index >= 15 is 0 Å². The monoisotopic (exact) mass is 470 g/mol. The minimum atomic E-state index is -0.374. The molecular weight excluding hydrogens is 432 g/mol. The summed E-state index contributed by atoms with van der Waals surface area (Å²) in [5.74, 6) is 3.53. The highest BCUT2D eigenvalue weighted by atomic mass is 16.6. The fourth-order valence-electron chi connectivity index (χ4n) is 8.15. The van der Waals surface area contributed by atoms with Crippen molar-refractivity contribution in [3.05, 3.63) is 24.3 Å². The molecule has 0 aromatic carbocycles. The molecule has 1 aliphatic heterocycles. The molecular formula is C28H38O6. The highest BCUT2D eigenvalue weighted by molar-refractivity contribution is 5.87. The van der Waals surface area contributed by atoms with Crippen molar-refractivity contribution in [1.29, 1.82) is 0 Å². The molecule has 34 heavy (non-hydrogen) atoms. The molecule has 0 aromatic heterocycles. The van der Waals surface area contributed by atoms with Gasteiger partial charge in [0.05, 0.1) is 0 Å². The van der Waals surface area contributed by atoms with Gasteiger partial charge in [0.1, 0.15) is 17.8 Å². The second-order valence-corrected chi connectivity index (χ2v) is 12.1. The molecule has 6 aliphatic carbocycles. The standard InChI is InChI=1S/C15H22O2.C13H16O4/c1-9(2)14(16)17-15(3)12-5-10-4-11(7-12)8-13(15)6-10;1-6(2)13(15)17-11-8-3-7-5-10(14)16-12(11)9(7)4-8/h10-13H,1,4-8H2,2-3H3;7-9,11-12H,1,3-5H2,2H3. The maximum atomic E-state index is 11.8. The molecule has 5 unspecified atom stereocenters. The summed E-state index contributed by atoms with van der Waals surface area (Å²) < 4.78 is 16.6. The largest absolute Gasteiger partial charge is 0.458 e. The fourth-order valence-corrected chi connectivity index (χ4v) is 8.15. The third-order valence-electron chi connectivity index (χ3n) is 9.70. The van der Waals surface area contributed by atoms with Crippen LogP contribution in [0, 0.1) is 41.4 Å². The first-order valence-electron chi connectivity index (χ1n) is 13.0. The predicted octanol–water partition coefficient (Wildman–Crippen LogP) is 4.77. The Balaban J connectivity index is 0.000000142. The van der Waals surface area contributed by atoms with Crippen LogP contribution in [0.25, 0.3) is 0 Å². The van der Waals surface area contributed by atoms with Gasteiger partial charge in [0.15, 0.2) is 0 Å². The van der Waals surface area contributed by atoms with E-state index in [0.717, 1.165) is 24.7 Å². The van der Waals surface area contributed by atoms with Crippen LogP contribution >= 0.6 is 0 Å². The van der Waals surface area contributed by atoms with Crippen molar-refractivity contribution in [2.75, 3.05) is 0 Å². The molecule has 1 heterocycles. The van der Waals surface area contributed by atoms with Crippen molar-refractivity contribution in [2.45, 2.75) is 89.9 Å². The number of fused-ring (bicyclic) bond motifs is 1. The van der Waals surface area contributed by atoms with Crippen molar-refractivity contribution < 1.29 is 28.6 Å². The molecule has 1 saturated heterocycles.